The van der Waals surface area contributed by atoms with Crippen LogP contribution in [-0.4, -0.2) is 23.0 Å². The molecular formula is C20H17ClN4O3. The van der Waals surface area contributed by atoms with E-state index in [9.17, 15) is 9.59 Å². The summed E-state index contributed by atoms with van der Waals surface area (Å²) in [7, 11) is 0. The molecule has 0 fully saturated rings. The molecule has 28 heavy (non-hydrogen) atoms. The minimum atomic E-state index is -0.524. The molecule has 142 valence electrons. The van der Waals surface area contributed by atoms with E-state index >= 15 is 0 Å². The lowest BCUT2D eigenvalue weighted by Crippen LogP contribution is -2.21. The summed E-state index contributed by atoms with van der Waals surface area (Å²) in [5.41, 5.74) is 4.30. The topological polar surface area (TPSA) is 96.6 Å². The molecule has 0 saturated heterocycles. The number of aryl methyl sites for hydroxylation is 2. The maximum Gasteiger partial charge on any atom is 0.273 e. The Morgan fingerprint density at radius 2 is 1.86 bits per heavy atom. The lowest BCUT2D eigenvalue weighted by molar-refractivity contribution is 0.0956. The molecule has 0 atom stereocenters. The summed E-state index contributed by atoms with van der Waals surface area (Å²) >= 11 is 6.01. The second kappa shape index (κ2) is 8.49. The molecule has 3 aromatic rings. The number of aromatic nitrogens is 1. The number of hydrazone groups is 1. The van der Waals surface area contributed by atoms with Crippen LogP contribution in [0.25, 0.3) is 0 Å². The molecule has 7 nitrogen and oxygen atoms in total. The maximum absolute atomic E-state index is 12.5. The number of hydrogen-bond donors (Lipinski definition) is 2. The Hall–Kier alpha value is -3.45. The number of carbonyl (C=O) groups is 2. The first kappa shape index (κ1) is 19.3. The van der Waals surface area contributed by atoms with Crippen LogP contribution in [0.3, 0.4) is 0 Å². The molecule has 0 aliphatic rings. The second-order valence-electron chi connectivity index (χ2n) is 5.97. The van der Waals surface area contributed by atoms with Gasteiger partial charge in [0.1, 0.15) is 11.5 Å². The number of rotatable bonds is 5. The Balaban J connectivity index is 1.76. The third-order valence-electron chi connectivity index (χ3n) is 3.96. The van der Waals surface area contributed by atoms with Gasteiger partial charge in [-0.3, -0.25) is 14.6 Å². The summed E-state index contributed by atoms with van der Waals surface area (Å²) in [6.45, 7) is 3.76. The van der Waals surface area contributed by atoms with E-state index < -0.39 is 5.91 Å². The number of amides is 2. The molecule has 8 heteroatoms. The summed E-state index contributed by atoms with van der Waals surface area (Å²) in [6, 6.07) is 9.54. The molecular weight excluding hydrogens is 380 g/mol. The number of anilines is 1. The zero-order valence-electron chi connectivity index (χ0n) is 15.2. The van der Waals surface area contributed by atoms with E-state index in [1.54, 1.807) is 24.3 Å². The zero-order valence-corrected chi connectivity index (χ0v) is 15.9. The molecule has 0 aliphatic heterocycles. The van der Waals surface area contributed by atoms with Crippen molar-refractivity contribution in [2.24, 2.45) is 5.10 Å². The minimum Gasteiger partial charge on any atom is -0.460 e. The molecule has 0 unspecified atom stereocenters. The standard InChI is InChI=1S/C20H17ClN4O3/c1-12-9-16(28-13(12)2)11-23-25-20(27)17-10-15(21)3-4-18(17)24-19(26)14-5-7-22-8-6-14/h3-11H,1-2H3,(H,24,26)(H,25,27)/b23-11+. The van der Waals surface area contributed by atoms with E-state index in [1.165, 1.54) is 24.7 Å². The second-order valence-corrected chi connectivity index (χ2v) is 6.40. The van der Waals surface area contributed by atoms with Gasteiger partial charge in [-0.05, 0) is 55.8 Å². The number of nitrogens with zero attached hydrogens (tertiary/aromatic N) is 2. The lowest BCUT2D eigenvalue weighted by atomic mass is 10.1. The normalized spacial score (nSPS) is 10.8. The van der Waals surface area contributed by atoms with E-state index in [4.69, 9.17) is 16.0 Å². The van der Waals surface area contributed by atoms with Crippen molar-refractivity contribution in [2.75, 3.05) is 5.32 Å². The van der Waals surface area contributed by atoms with Crippen LogP contribution in [0.1, 0.15) is 37.8 Å². The van der Waals surface area contributed by atoms with E-state index in [2.05, 4.69) is 20.8 Å². The Morgan fingerprint density at radius 1 is 1.11 bits per heavy atom. The number of benzene rings is 1. The Morgan fingerprint density at radius 3 is 2.54 bits per heavy atom. The highest BCUT2D eigenvalue weighted by Crippen LogP contribution is 2.21. The molecule has 2 heterocycles. The van der Waals surface area contributed by atoms with Crippen LogP contribution in [-0.2, 0) is 0 Å². The fourth-order valence-electron chi connectivity index (χ4n) is 2.39. The maximum atomic E-state index is 12.5. The third kappa shape index (κ3) is 4.63. The van der Waals surface area contributed by atoms with E-state index in [-0.39, 0.29) is 11.5 Å². The van der Waals surface area contributed by atoms with Crippen LogP contribution in [0, 0.1) is 13.8 Å². The van der Waals surface area contributed by atoms with Crippen molar-refractivity contribution in [2.45, 2.75) is 13.8 Å². The van der Waals surface area contributed by atoms with Gasteiger partial charge in [0, 0.05) is 23.0 Å². The Labute approximate surface area is 166 Å². The monoisotopic (exact) mass is 396 g/mol. The number of nitrogens with one attached hydrogen (secondary N) is 2. The number of hydrogen-bond acceptors (Lipinski definition) is 5. The predicted octanol–water partition coefficient (Wildman–Crippen LogP) is 3.96. The lowest BCUT2D eigenvalue weighted by Gasteiger charge is -2.10. The number of furan rings is 1. The molecule has 2 N–H and O–H groups in total. The number of halogens is 1. The number of carbonyl (C=O) groups excluding carboxylic acids is 2. The van der Waals surface area contributed by atoms with Gasteiger partial charge in [-0.1, -0.05) is 11.6 Å². The van der Waals surface area contributed by atoms with Crippen molar-refractivity contribution in [3.05, 3.63) is 82.0 Å². The highest BCUT2D eigenvalue weighted by molar-refractivity contribution is 6.31. The van der Waals surface area contributed by atoms with Gasteiger partial charge < -0.3 is 9.73 Å². The Kier molecular flexibility index (Phi) is 5.86. The first-order chi connectivity index (χ1) is 13.4. The third-order valence-corrected chi connectivity index (χ3v) is 4.19. The van der Waals surface area contributed by atoms with Crippen LogP contribution in [0.5, 0.6) is 0 Å². The zero-order chi connectivity index (χ0) is 20.1. The Bertz CT molecular complexity index is 1030. The molecule has 0 spiro atoms. The fraction of sp³-hybridized carbons (Fsp3) is 0.100. The van der Waals surface area contributed by atoms with E-state index in [0.717, 1.165) is 11.3 Å². The van der Waals surface area contributed by atoms with Gasteiger partial charge in [0.25, 0.3) is 11.8 Å². The van der Waals surface area contributed by atoms with Gasteiger partial charge in [-0.2, -0.15) is 5.10 Å². The summed E-state index contributed by atoms with van der Waals surface area (Å²) in [5.74, 6) is 0.406. The van der Waals surface area contributed by atoms with Crippen molar-refractivity contribution < 1.29 is 14.0 Å². The fourth-order valence-corrected chi connectivity index (χ4v) is 2.56. The van der Waals surface area contributed by atoms with Crippen LogP contribution in [0.4, 0.5) is 5.69 Å². The van der Waals surface area contributed by atoms with Gasteiger partial charge in [0.15, 0.2) is 0 Å². The summed E-state index contributed by atoms with van der Waals surface area (Å²) in [6.07, 6.45) is 4.42. The molecule has 0 radical (unpaired) electrons. The minimum absolute atomic E-state index is 0.180. The molecule has 0 saturated carbocycles. The molecule has 1 aromatic carbocycles. The first-order valence-electron chi connectivity index (χ1n) is 8.35. The quantitative estimate of drug-likeness (QED) is 0.504. The SMILES string of the molecule is Cc1cc(/C=N/NC(=O)c2cc(Cl)ccc2NC(=O)c2ccncc2)oc1C. The van der Waals surface area contributed by atoms with Crippen molar-refractivity contribution in [3.8, 4) is 0 Å². The smallest absolute Gasteiger partial charge is 0.273 e. The summed E-state index contributed by atoms with van der Waals surface area (Å²) in [4.78, 5) is 28.8. The van der Waals surface area contributed by atoms with Gasteiger partial charge in [0.05, 0.1) is 17.5 Å². The van der Waals surface area contributed by atoms with Crippen LogP contribution < -0.4 is 10.7 Å². The van der Waals surface area contributed by atoms with Crippen molar-refractivity contribution in [1.82, 2.24) is 10.4 Å². The molecule has 0 aliphatic carbocycles. The summed E-state index contributed by atoms with van der Waals surface area (Å²) < 4.78 is 5.46. The molecule has 3 rings (SSSR count). The van der Waals surface area contributed by atoms with E-state index in [1.807, 2.05) is 19.9 Å². The molecule has 0 bridgehead atoms. The first-order valence-corrected chi connectivity index (χ1v) is 8.73. The molecule has 2 aromatic heterocycles. The van der Waals surface area contributed by atoms with Crippen molar-refractivity contribution in [1.29, 1.82) is 0 Å². The average Bonchev–Trinajstić information content (AvgIpc) is 3.01. The van der Waals surface area contributed by atoms with Gasteiger partial charge >= 0.3 is 0 Å². The highest BCUT2D eigenvalue weighted by atomic mass is 35.5. The molecule has 2 amide bonds. The largest absolute Gasteiger partial charge is 0.460 e. The number of pyridine rings is 1. The van der Waals surface area contributed by atoms with E-state index in [0.29, 0.717) is 22.0 Å². The predicted molar refractivity (Wildman–Crippen MR) is 107 cm³/mol. The van der Waals surface area contributed by atoms with Gasteiger partial charge in [-0.25, -0.2) is 5.43 Å². The van der Waals surface area contributed by atoms with Crippen LogP contribution in [0.15, 0.2) is 58.3 Å². The van der Waals surface area contributed by atoms with Crippen molar-refractivity contribution >= 4 is 35.3 Å². The average molecular weight is 397 g/mol. The van der Waals surface area contributed by atoms with Gasteiger partial charge in [0.2, 0.25) is 0 Å². The van der Waals surface area contributed by atoms with Gasteiger partial charge in [-0.15, -0.1) is 0 Å². The van der Waals surface area contributed by atoms with Crippen molar-refractivity contribution in [3.63, 3.8) is 0 Å². The van der Waals surface area contributed by atoms with Crippen LogP contribution in [0.2, 0.25) is 5.02 Å². The van der Waals surface area contributed by atoms with Crippen LogP contribution >= 0.6 is 11.6 Å². The highest BCUT2D eigenvalue weighted by Gasteiger charge is 2.15. The summed E-state index contributed by atoms with van der Waals surface area (Å²) in [5, 5.41) is 6.95.